The molecule has 0 atom stereocenters. The van der Waals surface area contributed by atoms with Crippen LogP contribution in [-0.2, 0) is 0 Å². The summed E-state index contributed by atoms with van der Waals surface area (Å²) in [5, 5.41) is 30.5. The van der Waals surface area contributed by atoms with Crippen LogP contribution in [0.1, 0.15) is 46.2 Å². The van der Waals surface area contributed by atoms with Crippen LogP contribution in [0.15, 0.2) is 73.3 Å². The van der Waals surface area contributed by atoms with Crippen LogP contribution in [0, 0.1) is 34.1 Å². The van der Waals surface area contributed by atoms with Gasteiger partial charge in [-0.1, -0.05) is 19.0 Å². The fraction of sp³-hybridized carbons (Fsp3) is 0.290. The molecule has 14 heteroatoms. The van der Waals surface area contributed by atoms with Gasteiger partial charge in [0, 0.05) is 48.0 Å². The molecule has 0 amide bonds. The van der Waals surface area contributed by atoms with Crippen molar-refractivity contribution in [2.24, 2.45) is 0 Å². The molecule has 0 bridgehead atoms. The van der Waals surface area contributed by atoms with E-state index in [0.29, 0.717) is 29.8 Å². The van der Waals surface area contributed by atoms with Gasteiger partial charge < -0.3 is 19.2 Å². The summed E-state index contributed by atoms with van der Waals surface area (Å²) in [7, 11) is 0.634. The minimum Gasteiger partial charge on any atom is -0.537 e. The summed E-state index contributed by atoms with van der Waals surface area (Å²) in [6, 6.07) is 13.2. The lowest BCUT2D eigenvalue weighted by molar-refractivity contribution is -0.386. The van der Waals surface area contributed by atoms with Gasteiger partial charge in [0.05, 0.1) is 22.1 Å². The molecule has 2 heterocycles. The highest BCUT2D eigenvalue weighted by Gasteiger charge is 2.20. The Hall–Kier alpha value is -4.75. The zero-order valence-electron chi connectivity index (χ0n) is 25.1. The molecular weight excluding hydrogens is 603 g/mol. The van der Waals surface area contributed by atoms with Crippen molar-refractivity contribution in [3.8, 4) is 28.4 Å². The predicted octanol–water partition coefficient (Wildman–Crippen LogP) is 7.72. The first kappa shape index (κ1) is 38.3. The van der Waals surface area contributed by atoms with Crippen LogP contribution < -0.4 is 14.1 Å². The normalized spacial score (nSPS) is 9.91. The summed E-state index contributed by atoms with van der Waals surface area (Å²) in [5.41, 5.74) is 3.31. The van der Waals surface area contributed by atoms with Crippen LogP contribution in [0.3, 0.4) is 0 Å². The molecule has 45 heavy (non-hydrogen) atoms. The molecule has 239 valence electrons. The molecule has 0 unspecified atom stereocenters. The van der Waals surface area contributed by atoms with E-state index in [0.717, 1.165) is 16.7 Å². The van der Waals surface area contributed by atoms with Gasteiger partial charge in [-0.25, -0.2) is 0 Å². The summed E-state index contributed by atoms with van der Waals surface area (Å²) >= 11 is 5.87. The zero-order valence-corrected chi connectivity index (χ0v) is 25.9. The van der Waals surface area contributed by atoms with E-state index in [1.165, 1.54) is 12.1 Å². The maximum atomic E-state index is 11.1. The molecule has 1 N–H and O–H groups in total. The Morgan fingerprint density at radius 2 is 1.22 bits per heavy atom. The topological polar surface area (TPSA) is 160 Å². The maximum absolute atomic E-state index is 11.1. The van der Waals surface area contributed by atoms with E-state index in [4.69, 9.17) is 26.1 Å². The van der Waals surface area contributed by atoms with Crippen LogP contribution in [0.2, 0.25) is 5.02 Å². The Bertz CT molecular complexity index is 1530. The molecular formula is C31H37BClN4O8. The van der Waals surface area contributed by atoms with E-state index in [2.05, 4.69) is 14.6 Å². The smallest absolute Gasteiger partial charge is 0.537 e. The average molecular weight is 640 g/mol. The largest absolute Gasteiger partial charge is 0.569 e. The van der Waals surface area contributed by atoms with Gasteiger partial charge in [-0.2, -0.15) is 0 Å². The Morgan fingerprint density at radius 3 is 1.67 bits per heavy atom. The molecule has 4 rings (SSSR count). The van der Waals surface area contributed by atoms with E-state index in [9.17, 15) is 20.2 Å². The second kappa shape index (κ2) is 18.8. The number of nitro groups is 2. The van der Waals surface area contributed by atoms with Crippen molar-refractivity contribution in [1.82, 2.24) is 9.97 Å². The summed E-state index contributed by atoms with van der Waals surface area (Å²) in [4.78, 5) is 28.7. The van der Waals surface area contributed by atoms with Crippen molar-refractivity contribution in [3.63, 3.8) is 0 Å². The van der Waals surface area contributed by atoms with Crippen LogP contribution in [-0.4, -0.2) is 44.7 Å². The molecule has 0 aliphatic carbocycles. The molecule has 0 aliphatic heterocycles. The van der Waals surface area contributed by atoms with Crippen molar-refractivity contribution < 1.29 is 29.0 Å². The maximum Gasteiger partial charge on any atom is 0.569 e. The lowest BCUT2D eigenvalue weighted by Gasteiger charge is -2.13. The zero-order chi connectivity index (χ0) is 32.8. The van der Waals surface area contributed by atoms with Crippen molar-refractivity contribution in [2.45, 2.75) is 61.2 Å². The van der Waals surface area contributed by atoms with Crippen LogP contribution >= 0.6 is 11.6 Å². The van der Waals surface area contributed by atoms with E-state index in [1.807, 2.05) is 32.9 Å². The Balaban J connectivity index is 0.000000358. The predicted molar refractivity (Wildman–Crippen MR) is 175 cm³/mol. The third-order valence-electron chi connectivity index (χ3n) is 5.49. The minimum absolute atomic E-state index is 0. The average Bonchev–Trinajstić information content (AvgIpc) is 2.96. The van der Waals surface area contributed by atoms with Gasteiger partial charge >= 0.3 is 19.1 Å². The number of rotatable bonds is 9. The molecule has 0 aliphatic rings. The highest BCUT2D eigenvalue weighted by atomic mass is 35.5. The summed E-state index contributed by atoms with van der Waals surface area (Å²) in [6.07, 6.45) is 6.31. The molecule has 2 aromatic heterocycles. The van der Waals surface area contributed by atoms with Crippen molar-refractivity contribution in [2.75, 3.05) is 0 Å². The fourth-order valence-corrected chi connectivity index (χ4v) is 3.78. The minimum atomic E-state index is -0.471. The molecule has 2 aromatic carbocycles. The number of aromatic nitrogens is 2. The summed E-state index contributed by atoms with van der Waals surface area (Å²) in [5.74, 6) is 1.08. The highest BCUT2D eigenvalue weighted by molar-refractivity contribution is 6.31. The number of aryl methyl sites for hydroxylation is 2. The number of pyridine rings is 2. The van der Waals surface area contributed by atoms with Gasteiger partial charge in [0.2, 0.25) is 0 Å². The Labute approximate surface area is 268 Å². The van der Waals surface area contributed by atoms with Crippen LogP contribution in [0.5, 0.6) is 17.2 Å². The second-order valence-electron chi connectivity index (χ2n) is 9.69. The van der Waals surface area contributed by atoms with Gasteiger partial charge in [0.1, 0.15) is 5.75 Å². The van der Waals surface area contributed by atoms with E-state index in [-0.39, 0.29) is 36.8 Å². The van der Waals surface area contributed by atoms with Crippen LogP contribution in [0.4, 0.5) is 11.4 Å². The first-order valence-electron chi connectivity index (χ1n) is 13.3. The Kier molecular flexibility index (Phi) is 16.0. The number of ether oxygens (including phenoxy) is 2. The molecule has 0 saturated heterocycles. The standard InChI is InChI=1S/C15H16N2O3.C10H12ClNO3.C5H5BNO2.CH4/c1-10(2)20-15-9-13(12-4-6-16-7-5-12)11(3)8-14(15)17(18)19;1-6(2)15-10-5-8(11)7(3)4-9(10)12(13)14;8-6-9-5-1-3-7-4-2-5;/h4-10H,1-3H3;4-6H,1-3H3;1-4,8H;1H4. The van der Waals surface area contributed by atoms with Gasteiger partial charge in [0.15, 0.2) is 11.5 Å². The first-order chi connectivity index (χ1) is 20.8. The number of nitrogens with zero attached hydrogens (tertiary/aromatic N) is 4. The fourth-order valence-electron chi connectivity index (χ4n) is 3.62. The first-order valence-corrected chi connectivity index (χ1v) is 13.7. The third-order valence-corrected chi connectivity index (χ3v) is 5.90. The van der Waals surface area contributed by atoms with Gasteiger partial charge in [-0.15, -0.1) is 0 Å². The van der Waals surface area contributed by atoms with Crippen molar-refractivity contribution >= 4 is 30.7 Å². The summed E-state index contributed by atoms with van der Waals surface area (Å²) < 4.78 is 15.5. The molecule has 0 saturated carbocycles. The van der Waals surface area contributed by atoms with Gasteiger partial charge in [-0.05, 0) is 94.1 Å². The SMILES string of the molecule is C.Cc1cc([N+](=O)[O-])c(OC(C)C)cc1-c1ccncc1.Cc1cc([N+](=O)[O-])c(OC(C)C)cc1Cl.O[B]Oc1ccncc1. The quantitative estimate of drug-likeness (QED) is 0.109. The molecule has 4 aromatic rings. The number of benzene rings is 2. The number of hydrogen-bond acceptors (Lipinski definition) is 10. The number of nitro benzene ring substituents is 2. The van der Waals surface area contributed by atoms with E-state index in [1.54, 1.807) is 69.8 Å². The Morgan fingerprint density at radius 1 is 0.778 bits per heavy atom. The molecule has 1 radical (unpaired) electrons. The molecule has 0 spiro atoms. The van der Waals surface area contributed by atoms with Gasteiger partial charge in [0.25, 0.3) is 0 Å². The molecule has 12 nitrogen and oxygen atoms in total. The number of hydrogen-bond donors (Lipinski definition) is 1. The lowest BCUT2D eigenvalue weighted by atomic mass is 10.0. The monoisotopic (exact) mass is 639 g/mol. The number of halogens is 1. The van der Waals surface area contributed by atoms with Crippen LogP contribution in [0.25, 0.3) is 11.1 Å². The highest BCUT2D eigenvalue weighted by Crippen LogP contribution is 2.36. The van der Waals surface area contributed by atoms with E-state index < -0.39 is 9.85 Å². The lowest BCUT2D eigenvalue weighted by Crippen LogP contribution is -2.08. The second-order valence-corrected chi connectivity index (χ2v) is 10.1. The van der Waals surface area contributed by atoms with Crippen molar-refractivity contribution in [1.29, 1.82) is 0 Å². The van der Waals surface area contributed by atoms with Gasteiger partial charge in [-0.3, -0.25) is 30.2 Å². The van der Waals surface area contributed by atoms with E-state index >= 15 is 0 Å². The molecule has 0 fully saturated rings. The third kappa shape index (κ3) is 12.4. The summed E-state index contributed by atoms with van der Waals surface area (Å²) in [6.45, 7) is 10.9. The van der Waals surface area contributed by atoms with Crippen molar-refractivity contribution in [3.05, 3.63) is 110 Å².